The smallest absolute Gasteiger partial charge is 0.0697 e. The predicted octanol–water partition coefficient (Wildman–Crippen LogP) is 3.49. The maximum absolute atomic E-state index is 5.61. The lowest BCUT2D eigenvalue weighted by atomic mass is 10.1. The van der Waals surface area contributed by atoms with Crippen LogP contribution in [0.15, 0.2) is 0 Å². The molecule has 0 aliphatic rings. The first-order chi connectivity index (χ1) is 7.35. The Labute approximate surface area is 95.6 Å². The summed E-state index contributed by atoms with van der Waals surface area (Å²) < 4.78 is 5.51. The molecule has 0 heterocycles. The zero-order valence-electron chi connectivity index (χ0n) is 10.6. The molecule has 2 nitrogen and oxygen atoms in total. The van der Waals surface area contributed by atoms with Crippen LogP contribution in [0.2, 0.25) is 0 Å². The molecule has 0 saturated carbocycles. The van der Waals surface area contributed by atoms with Crippen LogP contribution < -0.4 is 5.73 Å². The van der Waals surface area contributed by atoms with Gasteiger partial charge in [-0.1, -0.05) is 51.9 Å². The molecule has 0 aliphatic heterocycles. The van der Waals surface area contributed by atoms with Crippen molar-refractivity contribution in [1.29, 1.82) is 0 Å². The molecular weight excluding hydrogens is 186 g/mol. The summed E-state index contributed by atoms with van der Waals surface area (Å²) in [6.07, 6.45) is 11.0. The van der Waals surface area contributed by atoms with Gasteiger partial charge in [0.1, 0.15) is 0 Å². The van der Waals surface area contributed by atoms with E-state index >= 15 is 0 Å². The molecule has 0 aromatic carbocycles. The van der Waals surface area contributed by atoms with E-state index in [-0.39, 0.29) is 0 Å². The van der Waals surface area contributed by atoms with Crippen molar-refractivity contribution < 1.29 is 4.74 Å². The van der Waals surface area contributed by atoms with Crippen LogP contribution in [0.5, 0.6) is 0 Å². The van der Waals surface area contributed by atoms with Gasteiger partial charge in [-0.05, 0) is 13.3 Å². The van der Waals surface area contributed by atoms with E-state index in [0.717, 1.165) is 13.0 Å². The van der Waals surface area contributed by atoms with Crippen molar-refractivity contribution in [2.75, 3.05) is 13.2 Å². The van der Waals surface area contributed by atoms with Gasteiger partial charge in [0.05, 0.1) is 6.10 Å². The fourth-order valence-corrected chi connectivity index (χ4v) is 1.83. The van der Waals surface area contributed by atoms with Crippen LogP contribution in [0.4, 0.5) is 0 Å². The van der Waals surface area contributed by atoms with E-state index in [2.05, 4.69) is 6.92 Å². The number of ether oxygens (including phenoxy) is 1. The number of hydrogen-bond donors (Lipinski definition) is 1. The third-order valence-corrected chi connectivity index (χ3v) is 2.79. The van der Waals surface area contributed by atoms with Crippen molar-refractivity contribution in [3.05, 3.63) is 0 Å². The molecule has 0 saturated heterocycles. The first kappa shape index (κ1) is 14.9. The van der Waals surface area contributed by atoms with Crippen molar-refractivity contribution in [1.82, 2.24) is 0 Å². The average molecular weight is 215 g/mol. The lowest BCUT2D eigenvalue weighted by Crippen LogP contribution is -2.23. The maximum Gasteiger partial charge on any atom is 0.0697 e. The second-order valence-electron chi connectivity index (χ2n) is 4.22. The lowest BCUT2D eigenvalue weighted by molar-refractivity contribution is 0.0611. The van der Waals surface area contributed by atoms with Gasteiger partial charge in [-0.3, -0.25) is 0 Å². The monoisotopic (exact) mass is 215 g/mol. The molecule has 15 heavy (non-hydrogen) atoms. The summed E-state index contributed by atoms with van der Waals surface area (Å²) in [4.78, 5) is 0. The fraction of sp³-hybridized carbons (Fsp3) is 1.00. The molecule has 2 heteroatoms. The standard InChI is InChI=1S/C13H29NO/c1-3-5-6-7-8-9-10-11-13(12-14)15-4-2/h13H,3-12,14H2,1-2H3. The summed E-state index contributed by atoms with van der Waals surface area (Å²) in [5, 5.41) is 0. The molecule has 1 unspecified atom stereocenters. The van der Waals surface area contributed by atoms with E-state index in [9.17, 15) is 0 Å². The highest BCUT2D eigenvalue weighted by molar-refractivity contribution is 4.58. The third kappa shape index (κ3) is 10.2. The molecule has 0 spiro atoms. The van der Waals surface area contributed by atoms with E-state index in [1.165, 1.54) is 44.9 Å². The van der Waals surface area contributed by atoms with E-state index < -0.39 is 0 Å². The zero-order valence-corrected chi connectivity index (χ0v) is 10.6. The Hall–Kier alpha value is -0.0800. The lowest BCUT2D eigenvalue weighted by Gasteiger charge is -2.14. The van der Waals surface area contributed by atoms with Gasteiger partial charge in [0.15, 0.2) is 0 Å². The third-order valence-electron chi connectivity index (χ3n) is 2.79. The zero-order chi connectivity index (χ0) is 11.4. The molecule has 0 amide bonds. The van der Waals surface area contributed by atoms with Gasteiger partial charge in [0, 0.05) is 13.2 Å². The first-order valence-corrected chi connectivity index (χ1v) is 6.66. The second kappa shape index (κ2) is 12.0. The molecule has 0 fully saturated rings. The van der Waals surface area contributed by atoms with E-state index in [0.29, 0.717) is 12.6 Å². The molecule has 2 N–H and O–H groups in total. The molecular formula is C13H29NO. The van der Waals surface area contributed by atoms with E-state index in [4.69, 9.17) is 10.5 Å². The Balaban J connectivity index is 3.14. The van der Waals surface area contributed by atoms with Gasteiger partial charge >= 0.3 is 0 Å². The van der Waals surface area contributed by atoms with Gasteiger partial charge in [0.25, 0.3) is 0 Å². The van der Waals surface area contributed by atoms with E-state index in [1.54, 1.807) is 0 Å². The van der Waals surface area contributed by atoms with Gasteiger partial charge in [-0.25, -0.2) is 0 Å². The van der Waals surface area contributed by atoms with E-state index in [1.807, 2.05) is 6.92 Å². The van der Waals surface area contributed by atoms with Crippen LogP contribution in [-0.2, 0) is 4.74 Å². The SMILES string of the molecule is CCCCCCCCCC(CN)OCC. The van der Waals surface area contributed by atoms with Crippen LogP contribution in [0.3, 0.4) is 0 Å². The van der Waals surface area contributed by atoms with Crippen LogP contribution in [0, 0.1) is 0 Å². The Morgan fingerprint density at radius 2 is 1.53 bits per heavy atom. The Bertz CT molecular complexity index is 117. The van der Waals surface area contributed by atoms with Crippen molar-refractivity contribution in [3.63, 3.8) is 0 Å². The number of hydrogen-bond acceptors (Lipinski definition) is 2. The molecule has 0 aromatic heterocycles. The molecule has 0 aliphatic carbocycles. The average Bonchev–Trinajstić information content (AvgIpc) is 2.26. The number of rotatable bonds is 11. The van der Waals surface area contributed by atoms with Gasteiger partial charge in [-0.15, -0.1) is 0 Å². The Morgan fingerprint density at radius 1 is 0.933 bits per heavy atom. The van der Waals surface area contributed by atoms with Crippen molar-refractivity contribution in [2.24, 2.45) is 5.73 Å². The highest BCUT2D eigenvalue weighted by Crippen LogP contribution is 2.10. The summed E-state index contributed by atoms with van der Waals surface area (Å²) in [6.45, 7) is 5.75. The topological polar surface area (TPSA) is 35.2 Å². The normalized spacial score (nSPS) is 13.0. The van der Waals surface area contributed by atoms with Crippen molar-refractivity contribution in [3.8, 4) is 0 Å². The first-order valence-electron chi connectivity index (χ1n) is 6.66. The van der Waals surface area contributed by atoms with Gasteiger partial charge in [0.2, 0.25) is 0 Å². The van der Waals surface area contributed by atoms with Crippen LogP contribution in [-0.4, -0.2) is 19.3 Å². The minimum atomic E-state index is 0.297. The number of unbranched alkanes of at least 4 members (excludes halogenated alkanes) is 6. The summed E-state index contributed by atoms with van der Waals surface area (Å²) in [5.74, 6) is 0. The quantitative estimate of drug-likeness (QED) is 0.535. The van der Waals surface area contributed by atoms with Gasteiger partial charge < -0.3 is 10.5 Å². The van der Waals surface area contributed by atoms with Crippen molar-refractivity contribution >= 4 is 0 Å². The summed E-state index contributed by atoms with van der Waals surface area (Å²) in [7, 11) is 0. The largest absolute Gasteiger partial charge is 0.377 e. The van der Waals surface area contributed by atoms with Crippen molar-refractivity contribution in [2.45, 2.75) is 71.3 Å². The predicted molar refractivity (Wildman–Crippen MR) is 67.1 cm³/mol. The fourth-order valence-electron chi connectivity index (χ4n) is 1.83. The molecule has 0 bridgehead atoms. The Kier molecular flexibility index (Phi) is 11.9. The van der Waals surface area contributed by atoms with Crippen LogP contribution >= 0.6 is 0 Å². The molecule has 0 rings (SSSR count). The summed E-state index contributed by atoms with van der Waals surface area (Å²) in [5.41, 5.74) is 5.61. The van der Waals surface area contributed by atoms with Crippen LogP contribution in [0.25, 0.3) is 0 Å². The van der Waals surface area contributed by atoms with Crippen LogP contribution in [0.1, 0.15) is 65.2 Å². The molecule has 92 valence electrons. The molecule has 1 atom stereocenters. The molecule has 0 radical (unpaired) electrons. The molecule has 0 aromatic rings. The summed E-state index contributed by atoms with van der Waals surface area (Å²) >= 11 is 0. The maximum atomic E-state index is 5.61. The van der Waals surface area contributed by atoms with Gasteiger partial charge in [-0.2, -0.15) is 0 Å². The highest BCUT2D eigenvalue weighted by Gasteiger charge is 2.04. The minimum Gasteiger partial charge on any atom is -0.377 e. The minimum absolute atomic E-state index is 0.297. The Morgan fingerprint density at radius 3 is 2.07 bits per heavy atom. The second-order valence-corrected chi connectivity index (χ2v) is 4.22. The number of nitrogens with two attached hydrogens (primary N) is 1. The summed E-state index contributed by atoms with van der Waals surface area (Å²) in [6, 6.07) is 0. The highest BCUT2D eigenvalue weighted by atomic mass is 16.5.